The fourth-order valence-corrected chi connectivity index (χ4v) is 4.43. The van der Waals surface area contributed by atoms with Crippen LogP contribution < -0.4 is 11.1 Å². The highest BCUT2D eigenvalue weighted by Gasteiger charge is 2.16. The predicted octanol–water partition coefficient (Wildman–Crippen LogP) is 6.16. The second kappa shape index (κ2) is 14.4. The number of nitrogens with zero attached hydrogens (tertiary/aromatic N) is 2. The van der Waals surface area contributed by atoms with Crippen LogP contribution in [0.1, 0.15) is 128 Å². The van der Waals surface area contributed by atoms with Crippen LogP contribution in [0.2, 0.25) is 0 Å². The summed E-state index contributed by atoms with van der Waals surface area (Å²) in [4.78, 5) is 33.3. The Labute approximate surface area is 182 Å². The van der Waals surface area contributed by atoms with Crippen LogP contribution in [-0.2, 0) is 12.8 Å². The van der Waals surface area contributed by atoms with Crippen molar-refractivity contribution in [2.75, 3.05) is 0 Å². The van der Waals surface area contributed by atoms with Gasteiger partial charge in [0.25, 0.3) is 11.1 Å². The molecule has 0 amide bonds. The maximum atomic E-state index is 12.4. The highest BCUT2D eigenvalue weighted by Crippen LogP contribution is 2.13. The average Bonchev–Trinajstić information content (AvgIpc) is 3.24. The first-order valence-corrected chi connectivity index (χ1v) is 12.7. The van der Waals surface area contributed by atoms with E-state index in [9.17, 15) is 9.59 Å². The number of rotatable bonds is 18. The Morgan fingerprint density at radius 1 is 0.467 bits per heavy atom. The SMILES string of the molecule is CCCCCCCCCCc1nc(=O)c2c(CCCCCCCCCC)nc(=O)c1=2. The summed E-state index contributed by atoms with van der Waals surface area (Å²) >= 11 is 0. The van der Waals surface area contributed by atoms with Crippen molar-refractivity contribution in [2.45, 2.75) is 129 Å². The Morgan fingerprint density at radius 3 is 1.10 bits per heavy atom. The topological polar surface area (TPSA) is 59.9 Å². The van der Waals surface area contributed by atoms with E-state index < -0.39 is 0 Å². The summed E-state index contributed by atoms with van der Waals surface area (Å²) in [6.45, 7) is 4.48. The molecule has 168 valence electrons. The van der Waals surface area contributed by atoms with E-state index in [4.69, 9.17) is 0 Å². The first-order valence-electron chi connectivity index (χ1n) is 12.7. The van der Waals surface area contributed by atoms with Gasteiger partial charge in [0, 0.05) is 0 Å². The zero-order valence-electron chi connectivity index (χ0n) is 19.4. The van der Waals surface area contributed by atoms with Crippen LogP contribution >= 0.6 is 0 Å². The molecule has 0 saturated carbocycles. The Bertz CT molecular complexity index is 780. The van der Waals surface area contributed by atoms with Crippen molar-refractivity contribution < 1.29 is 0 Å². The summed E-state index contributed by atoms with van der Waals surface area (Å²) in [6.07, 6.45) is 21.3. The number of aromatic nitrogens is 2. The van der Waals surface area contributed by atoms with Gasteiger partial charge in [0.05, 0.1) is 21.8 Å². The van der Waals surface area contributed by atoms with Crippen molar-refractivity contribution in [3.05, 3.63) is 42.5 Å². The molecule has 0 bridgehead atoms. The molecule has 0 atom stereocenters. The van der Waals surface area contributed by atoms with Gasteiger partial charge in [-0.2, -0.15) is 0 Å². The maximum Gasteiger partial charge on any atom is 0.279 e. The molecule has 0 spiro atoms. The van der Waals surface area contributed by atoms with Crippen LogP contribution in [0, 0.1) is 10.4 Å². The molecule has 2 aliphatic heterocycles. The Balaban J connectivity index is 1.78. The molecule has 0 radical (unpaired) electrons. The zero-order valence-corrected chi connectivity index (χ0v) is 19.4. The Morgan fingerprint density at radius 2 is 0.767 bits per heavy atom. The summed E-state index contributed by atoms with van der Waals surface area (Å²) in [5.41, 5.74) is 0.925. The molecule has 0 fully saturated rings. The fraction of sp³-hybridized carbons (Fsp3) is 0.769. The van der Waals surface area contributed by atoms with Crippen LogP contribution in [0.15, 0.2) is 9.59 Å². The van der Waals surface area contributed by atoms with Crippen molar-refractivity contribution in [3.63, 3.8) is 0 Å². The van der Waals surface area contributed by atoms with Crippen molar-refractivity contribution in [3.8, 4) is 0 Å². The number of unbranched alkanes of at least 4 members (excludes halogenated alkanes) is 14. The molecule has 4 heteroatoms. The van der Waals surface area contributed by atoms with E-state index in [1.54, 1.807) is 0 Å². The van der Waals surface area contributed by atoms with Gasteiger partial charge in [-0.15, -0.1) is 0 Å². The molecule has 0 aromatic rings. The zero-order chi connectivity index (χ0) is 21.6. The van der Waals surface area contributed by atoms with E-state index in [2.05, 4.69) is 23.8 Å². The lowest BCUT2D eigenvalue weighted by molar-refractivity contribution is 0.573. The monoisotopic (exact) mass is 414 g/mol. The van der Waals surface area contributed by atoms with E-state index in [0.717, 1.165) is 38.5 Å². The van der Waals surface area contributed by atoms with Crippen molar-refractivity contribution in [1.82, 2.24) is 9.97 Å². The summed E-state index contributed by atoms with van der Waals surface area (Å²) in [5.74, 6) is 0. The average molecular weight is 415 g/mol. The third-order valence-electron chi connectivity index (χ3n) is 6.26. The van der Waals surface area contributed by atoms with Crippen molar-refractivity contribution >= 4 is 0 Å². The molecule has 0 aromatic carbocycles. The highest BCUT2D eigenvalue weighted by molar-refractivity contribution is 5.22. The van der Waals surface area contributed by atoms with E-state index in [-0.39, 0.29) is 11.1 Å². The smallest absolute Gasteiger partial charge is 0.267 e. The summed E-state index contributed by atoms with van der Waals surface area (Å²) in [6, 6.07) is 0. The Kier molecular flexibility index (Phi) is 11.9. The lowest BCUT2D eigenvalue weighted by atomic mass is 10.1. The predicted molar refractivity (Wildman–Crippen MR) is 125 cm³/mol. The first kappa shape index (κ1) is 24.7. The molecule has 0 unspecified atom stereocenters. The maximum absolute atomic E-state index is 12.4. The molecule has 30 heavy (non-hydrogen) atoms. The normalized spacial score (nSPS) is 11.7. The standard InChI is InChI=1S/C26H42N2O2/c1-3-5-7-9-11-13-15-17-19-21-23-24(26(30)27-21)22(28-25(23)29)20-18-16-14-12-10-8-6-4-2/h3-20H2,1-2H3. The minimum atomic E-state index is -0.233. The minimum absolute atomic E-state index is 0.233. The quantitative estimate of drug-likeness (QED) is 0.274. The van der Waals surface area contributed by atoms with Gasteiger partial charge in [-0.1, -0.05) is 104 Å². The summed E-state index contributed by atoms with van der Waals surface area (Å²) in [5, 5.41) is 1.05. The van der Waals surface area contributed by atoms with Gasteiger partial charge in [-0.05, 0) is 25.7 Å². The molecule has 0 aliphatic carbocycles. The van der Waals surface area contributed by atoms with Gasteiger partial charge in [0.15, 0.2) is 0 Å². The van der Waals surface area contributed by atoms with Crippen LogP contribution in [0.3, 0.4) is 0 Å². The van der Waals surface area contributed by atoms with E-state index in [1.807, 2.05) is 0 Å². The van der Waals surface area contributed by atoms with E-state index >= 15 is 0 Å². The van der Waals surface area contributed by atoms with E-state index in [1.165, 1.54) is 77.0 Å². The van der Waals surface area contributed by atoms with Gasteiger partial charge < -0.3 is 0 Å². The molecule has 4 nitrogen and oxygen atoms in total. The molecule has 2 aliphatic rings. The molecular weight excluding hydrogens is 372 g/mol. The van der Waals surface area contributed by atoms with Crippen LogP contribution in [0.5, 0.6) is 0 Å². The van der Waals surface area contributed by atoms with Crippen LogP contribution in [0.4, 0.5) is 0 Å². The Hall–Kier alpha value is -1.58. The fourth-order valence-electron chi connectivity index (χ4n) is 4.43. The molecular formula is C26H42N2O2. The third kappa shape index (κ3) is 7.92. The summed E-state index contributed by atoms with van der Waals surface area (Å²) < 4.78 is 0. The molecule has 2 heterocycles. The van der Waals surface area contributed by atoms with Gasteiger partial charge in [-0.3, -0.25) is 9.59 Å². The van der Waals surface area contributed by atoms with E-state index in [0.29, 0.717) is 21.8 Å². The van der Waals surface area contributed by atoms with Gasteiger partial charge >= 0.3 is 0 Å². The third-order valence-corrected chi connectivity index (χ3v) is 6.26. The van der Waals surface area contributed by atoms with Gasteiger partial charge in [0.2, 0.25) is 0 Å². The lowest BCUT2D eigenvalue weighted by Gasteiger charge is -2.00. The minimum Gasteiger partial charge on any atom is -0.267 e. The van der Waals surface area contributed by atoms with Gasteiger partial charge in [-0.25, -0.2) is 9.97 Å². The largest absolute Gasteiger partial charge is 0.279 e. The van der Waals surface area contributed by atoms with Crippen molar-refractivity contribution in [2.24, 2.45) is 0 Å². The summed E-state index contributed by atoms with van der Waals surface area (Å²) in [7, 11) is 0. The van der Waals surface area contributed by atoms with Crippen LogP contribution in [0.25, 0.3) is 0 Å². The lowest BCUT2D eigenvalue weighted by Crippen LogP contribution is -2.08. The van der Waals surface area contributed by atoms with Crippen LogP contribution in [-0.4, -0.2) is 9.97 Å². The molecule has 2 rings (SSSR count). The molecule has 0 aromatic heterocycles. The first-order chi connectivity index (χ1) is 14.7. The van der Waals surface area contributed by atoms with Gasteiger partial charge in [0.1, 0.15) is 0 Å². The second-order valence-corrected chi connectivity index (χ2v) is 8.93. The van der Waals surface area contributed by atoms with Crippen molar-refractivity contribution in [1.29, 1.82) is 0 Å². The highest BCUT2D eigenvalue weighted by atomic mass is 16.1. The number of hydrogen-bond donors (Lipinski definition) is 0. The molecule has 0 saturated heterocycles. The second-order valence-electron chi connectivity index (χ2n) is 8.93. The number of aryl methyl sites for hydroxylation is 2. The molecule has 0 N–H and O–H groups in total. The number of hydrogen-bond acceptors (Lipinski definition) is 4.